The summed E-state index contributed by atoms with van der Waals surface area (Å²) in [6.07, 6.45) is 2.11. The van der Waals surface area contributed by atoms with Crippen LogP contribution in [0.1, 0.15) is 41.4 Å². The number of rotatable bonds is 8. The molecule has 1 aromatic heterocycles. The first-order chi connectivity index (χ1) is 14.7. The van der Waals surface area contributed by atoms with Gasteiger partial charge in [0.1, 0.15) is 12.4 Å². The standard InChI is InChI=1S/C21H26N4O3S2/c1-2-30-18-8-4-3-7-15(18)21(27)23-20-16-12-29-13-17(16)24-25(20)11-19(26)22-10-14-6-5-9-28-14/h3-4,7-8,14H,2,5-6,9-13H2,1H3,(H,22,26)(H,23,27). The maximum Gasteiger partial charge on any atom is 0.257 e. The van der Waals surface area contributed by atoms with Gasteiger partial charge in [-0.05, 0) is 30.7 Å². The van der Waals surface area contributed by atoms with Crippen molar-refractivity contribution in [3.05, 3.63) is 41.1 Å². The Morgan fingerprint density at radius 1 is 1.33 bits per heavy atom. The maximum atomic E-state index is 13.1. The number of fused-ring (bicyclic) bond motifs is 1. The van der Waals surface area contributed by atoms with E-state index in [1.165, 1.54) is 0 Å². The number of benzene rings is 1. The zero-order valence-corrected chi connectivity index (χ0v) is 18.6. The molecule has 1 unspecified atom stereocenters. The van der Waals surface area contributed by atoms with Crippen LogP contribution in [0.5, 0.6) is 0 Å². The molecule has 1 saturated heterocycles. The van der Waals surface area contributed by atoms with Crippen molar-refractivity contribution in [2.24, 2.45) is 0 Å². The number of nitrogens with zero attached hydrogens (tertiary/aromatic N) is 2. The Hall–Kier alpha value is -1.97. The lowest BCUT2D eigenvalue weighted by Gasteiger charge is -2.14. The third-order valence-corrected chi connectivity index (χ3v) is 7.05. The van der Waals surface area contributed by atoms with Gasteiger partial charge in [0.2, 0.25) is 5.91 Å². The van der Waals surface area contributed by atoms with Crippen LogP contribution >= 0.6 is 23.5 Å². The highest BCUT2D eigenvalue weighted by Crippen LogP contribution is 2.35. The number of amides is 2. The van der Waals surface area contributed by atoms with Crippen LogP contribution in [0, 0.1) is 0 Å². The van der Waals surface area contributed by atoms with Crippen molar-refractivity contribution >= 4 is 41.2 Å². The van der Waals surface area contributed by atoms with E-state index in [1.54, 1.807) is 28.2 Å². The van der Waals surface area contributed by atoms with Gasteiger partial charge in [0.15, 0.2) is 0 Å². The number of anilines is 1. The average molecular weight is 447 g/mol. The van der Waals surface area contributed by atoms with Crippen LogP contribution < -0.4 is 10.6 Å². The molecule has 30 heavy (non-hydrogen) atoms. The lowest BCUT2D eigenvalue weighted by atomic mass is 10.2. The number of hydrogen-bond donors (Lipinski definition) is 2. The van der Waals surface area contributed by atoms with Crippen LogP contribution in [-0.2, 0) is 27.6 Å². The highest BCUT2D eigenvalue weighted by Gasteiger charge is 2.26. The normalized spacial score (nSPS) is 17.7. The van der Waals surface area contributed by atoms with E-state index < -0.39 is 0 Å². The van der Waals surface area contributed by atoms with Gasteiger partial charge in [-0.2, -0.15) is 16.9 Å². The first-order valence-electron chi connectivity index (χ1n) is 10.2. The van der Waals surface area contributed by atoms with Crippen LogP contribution in [0.2, 0.25) is 0 Å². The molecular weight excluding hydrogens is 420 g/mol. The summed E-state index contributed by atoms with van der Waals surface area (Å²) in [6, 6.07) is 7.59. The quantitative estimate of drug-likeness (QED) is 0.606. The molecule has 160 valence electrons. The van der Waals surface area contributed by atoms with Gasteiger partial charge >= 0.3 is 0 Å². The minimum atomic E-state index is -0.174. The zero-order chi connectivity index (χ0) is 20.9. The first kappa shape index (κ1) is 21.3. The van der Waals surface area contributed by atoms with Crippen LogP contribution in [-0.4, -0.2) is 46.6 Å². The second-order valence-corrected chi connectivity index (χ2v) is 9.54. The molecule has 0 radical (unpaired) electrons. The van der Waals surface area contributed by atoms with E-state index in [4.69, 9.17) is 4.74 Å². The molecule has 1 atom stereocenters. The number of hydrogen-bond acceptors (Lipinski definition) is 6. The largest absolute Gasteiger partial charge is 0.376 e. The summed E-state index contributed by atoms with van der Waals surface area (Å²) in [6.45, 7) is 3.41. The minimum Gasteiger partial charge on any atom is -0.376 e. The highest BCUT2D eigenvalue weighted by atomic mass is 32.2. The fourth-order valence-corrected chi connectivity index (χ4v) is 5.49. The second-order valence-electron chi connectivity index (χ2n) is 7.25. The van der Waals surface area contributed by atoms with Gasteiger partial charge in [0.25, 0.3) is 5.91 Å². The minimum absolute atomic E-state index is 0.0748. The molecule has 2 aliphatic rings. The van der Waals surface area contributed by atoms with Crippen molar-refractivity contribution in [1.29, 1.82) is 0 Å². The molecule has 2 N–H and O–H groups in total. The van der Waals surface area contributed by atoms with E-state index in [9.17, 15) is 9.59 Å². The van der Waals surface area contributed by atoms with Gasteiger partial charge < -0.3 is 15.4 Å². The fraction of sp³-hybridized carbons (Fsp3) is 0.476. The van der Waals surface area contributed by atoms with Crippen LogP contribution in [0.25, 0.3) is 0 Å². The lowest BCUT2D eigenvalue weighted by Crippen LogP contribution is -2.34. The summed E-state index contributed by atoms with van der Waals surface area (Å²) in [7, 11) is 0. The van der Waals surface area contributed by atoms with E-state index in [-0.39, 0.29) is 24.5 Å². The molecule has 9 heteroatoms. The molecule has 1 aromatic carbocycles. The Bertz CT molecular complexity index is 925. The van der Waals surface area contributed by atoms with Crippen molar-refractivity contribution in [2.45, 2.75) is 48.8 Å². The van der Waals surface area contributed by atoms with E-state index in [1.807, 2.05) is 24.3 Å². The summed E-state index contributed by atoms with van der Waals surface area (Å²) in [5.74, 6) is 2.80. The molecule has 0 aliphatic carbocycles. The summed E-state index contributed by atoms with van der Waals surface area (Å²) >= 11 is 3.40. The molecule has 0 spiro atoms. The number of carbonyl (C=O) groups is 2. The summed E-state index contributed by atoms with van der Waals surface area (Å²) < 4.78 is 7.19. The third-order valence-electron chi connectivity index (χ3n) is 5.13. The van der Waals surface area contributed by atoms with Crippen LogP contribution in [0.15, 0.2) is 29.2 Å². The number of nitrogens with one attached hydrogen (secondary N) is 2. The summed E-state index contributed by atoms with van der Waals surface area (Å²) in [4.78, 5) is 26.5. The van der Waals surface area contributed by atoms with Crippen LogP contribution in [0.3, 0.4) is 0 Å². The molecule has 7 nitrogen and oxygen atoms in total. The molecule has 1 fully saturated rings. The first-order valence-corrected chi connectivity index (χ1v) is 12.4. The van der Waals surface area contributed by atoms with Gasteiger partial charge in [0.05, 0.1) is 17.4 Å². The van der Waals surface area contributed by atoms with E-state index >= 15 is 0 Å². The van der Waals surface area contributed by atoms with Crippen molar-refractivity contribution in [3.63, 3.8) is 0 Å². The van der Waals surface area contributed by atoms with Gasteiger partial charge in [0, 0.05) is 35.1 Å². The van der Waals surface area contributed by atoms with Crippen molar-refractivity contribution in [1.82, 2.24) is 15.1 Å². The topological polar surface area (TPSA) is 85.2 Å². The lowest BCUT2D eigenvalue weighted by molar-refractivity contribution is -0.122. The zero-order valence-electron chi connectivity index (χ0n) is 17.0. The second kappa shape index (κ2) is 9.89. The van der Waals surface area contributed by atoms with Gasteiger partial charge in [-0.1, -0.05) is 19.1 Å². The molecule has 4 rings (SSSR count). The van der Waals surface area contributed by atoms with Gasteiger partial charge in [-0.25, -0.2) is 4.68 Å². The SMILES string of the molecule is CCSc1ccccc1C(=O)Nc1c2c(nn1CC(=O)NCC1CCCO1)CSC2. The van der Waals surface area contributed by atoms with E-state index in [0.29, 0.717) is 17.9 Å². The average Bonchev–Trinajstić information content (AvgIpc) is 3.47. The van der Waals surface area contributed by atoms with E-state index in [0.717, 1.165) is 52.9 Å². The Balaban J connectivity index is 1.49. The molecule has 2 aromatic rings. The molecule has 2 aliphatic heterocycles. The van der Waals surface area contributed by atoms with Crippen LogP contribution in [0.4, 0.5) is 5.82 Å². The monoisotopic (exact) mass is 446 g/mol. The number of ether oxygens (including phenoxy) is 1. The summed E-state index contributed by atoms with van der Waals surface area (Å²) in [5, 5.41) is 10.6. The van der Waals surface area contributed by atoms with Crippen molar-refractivity contribution < 1.29 is 14.3 Å². The Morgan fingerprint density at radius 3 is 3.00 bits per heavy atom. The fourth-order valence-electron chi connectivity index (χ4n) is 3.66. The Labute approximate surface area is 184 Å². The Kier molecular flexibility index (Phi) is 7.01. The molecule has 0 saturated carbocycles. The Morgan fingerprint density at radius 2 is 2.20 bits per heavy atom. The number of aromatic nitrogens is 2. The molecular formula is C21H26N4O3S2. The maximum absolute atomic E-state index is 13.1. The molecule has 2 amide bonds. The summed E-state index contributed by atoms with van der Waals surface area (Å²) in [5.41, 5.74) is 2.60. The number of thioether (sulfide) groups is 2. The van der Waals surface area contributed by atoms with Gasteiger partial charge in [-0.15, -0.1) is 11.8 Å². The van der Waals surface area contributed by atoms with Crippen molar-refractivity contribution in [3.8, 4) is 0 Å². The highest BCUT2D eigenvalue weighted by molar-refractivity contribution is 7.99. The third kappa shape index (κ3) is 4.84. The van der Waals surface area contributed by atoms with Gasteiger partial charge in [-0.3, -0.25) is 9.59 Å². The smallest absolute Gasteiger partial charge is 0.257 e. The van der Waals surface area contributed by atoms with Crippen molar-refractivity contribution in [2.75, 3.05) is 24.2 Å². The predicted molar refractivity (Wildman–Crippen MR) is 120 cm³/mol. The predicted octanol–water partition coefficient (Wildman–Crippen LogP) is 3.29. The van der Waals surface area contributed by atoms with E-state index in [2.05, 4.69) is 22.7 Å². The molecule has 0 bridgehead atoms. The molecule has 3 heterocycles. The number of carbonyl (C=O) groups excluding carboxylic acids is 2.